The molecule has 2 fully saturated rings. The average Bonchev–Trinajstić information content (AvgIpc) is 3.08. The zero-order valence-corrected chi connectivity index (χ0v) is 13.5. The quantitative estimate of drug-likeness (QED) is 0.893. The molecule has 4 rings (SSSR count). The SMILES string of the molecule is Cc1ccc([C@@H]2NC(=O)N3[C@H](c4ccc(C)cc4)NC(=O)N23)cc1. The van der Waals surface area contributed by atoms with Gasteiger partial charge >= 0.3 is 12.1 Å². The topological polar surface area (TPSA) is 64.7 Å². The van der Waals surface area contributed by atoms with Gasteiger partial charge in [-0.15, -0.1) is 0 Å². The molecule has 2 aliphatic rings. The van der Waals surface area contributed by atoms with Gasteiger partial charge in [-0.2, -0.15) is 0 Å². The molecule has 2 heterocycles. The summed E-state index contributed by atoms with van der Waals surface area (Å²) in [6.07, 6.45) is -0.984. The van der Waals surface area contributed by atoms with E-state index in [4.69, 9.17) is 0 Å². The maximum Gasteiger partial charge on any atom is 0.340 e. The molecule has 0 bridgehead atoms. The standard InChI is InChI=1S/C18H18N4O2/c1-11-3-7-13(8-4-11)15-19-17(23)22-16(20-18(24)21(15)22)14-9-5-12(2)6-10-14/h3-10,15-16H,1-2H3,(H,19,23)(H,20,24)/t15-,16-/m1/s1. The molecule has 0 aromatic heterocycles. The summed E-state index contributed by atoms with van der Waals surface area (Å²) in [5.41, 5.74) is 4.00. The lowest BCUT2D eigenvalue weighted by Crippen LogP contribution is -2.36. The average molecular weight is 322 g/mol. The van der Waals surface area contributed by atoms with E-state index in [0.29, 0.717) is 0 Å². The summed E-state index contributed by atoms with van der Waals surface area (Å²) in [5.74, 6) is 0. The van der Waals surface area contributed by atoms with Crippen molar-refractivity contribution >= 4 is 12.1 Å². The van der Waals surface area contributed by atoms with Crippen LogP contribution in [0.25, 0.3) is 0 Å². The maximum absolute atomic E-state index is 12.5. The highest BCUT2D eigenvalue weighted by molar-refractivity contribution is 5.88. The summed E-state index contributed by atoms with van der Waals surface area (Å²) in [4.78, 5) is 25.0. The first kappa shape index (κ1) is 14.6. The number of nitrogens with zero attached hydrogens (tertiary/aromatic N) is 2. The summed E-state index contributed by atoms with van der Waals surface area (Å²) in [5, 5.41) is 8.68. The molecule has 0 unspecified atom stereocenters. The van der Waals surface area contributed by atoms with E-state index >= 15 is 0 Å². The van der Waals surface area contributed by atoms with Crippen molar-refractivity contribution in [1.29, 1.82) is 0 Å². The second kappa shape index (κ2) is 5.26. The van der Waals surface area contributed by atoms with Crippen molar-refractivity contribution in [3.63, 3.8) is 0 Å². The molecule has 122 valence electrons. The number of carbonyl (C=O) groups excluding carboxylic acids is 2. The number of aryl methyl sites for hydroxylation is 2. The van der Waals surface area contributed by atoms with Crippen molar-refractivity contribution in [2.75, 3.05) is 0 Å². The van der Waals surface area contributed by atoms with Gasteiger partial charge in [-0.3, -0.25) is 0 Å². The molecule has 4 amide bonds. The number of hydrazine groups is 1. The van der Waals surface area contributed by atoms with Crippen molar-refractivity contribution in [1.82, 2.24) is 20.7 Å². The Morgan fingerprint density at radius 2 is 1.00 bits per heavy atom. The van der Waals surface area contributed by atoms with Crippen LogP contribution in [0.2, 0.25) is 0 Å². The summed E-state index contributed by atoms with van der Waals surface area (Å²) in [6.45, 7) is 4.00. The Labute approximate surface area is 140 Å². The predicted octanol–water partition coefficient (Wildman–Crippen LogP) is 2.97. The first-order valence-corrected chi connectivity index (χ1v) is 7.87. The molecule has 2 aliphatic heterocycles. The minimum absolute atomic E-state index is 0.287. The van der Waals surface area contributed by atoms with E-state index in [0.717, 1.165) is 22.3 Å². The van der Waals surface area contributed by atoms with Crippen LogP contribution in [0.1, 0.15) is 34.6 Å². The Morgan fingerprint density at radius 3 is 1.33 bits per heavy atom. The normalized spacial score (nSPS) is 22.4. The third-order valence-corrected chi connectivity index (χ3v) is 4.44. The molecule has 0 saturated carbocycles. The van der Waals surface area contributed by atoms with Gasteiger partial charge in [0.15, 0.2) is 12.3 Å². The molecule has 0 spiro atoms. The van der Waals surface area contributed by atoms with Gasteiger partial charge in [0.25, 0.3) is 0 Å². The van der Waals surface area contributed by atoms with Gasteiger partial charge in [0, 0.05) is 0 Å². The van der Waals surface area contributed by atoms with Crippen LogP contribution < -0.4 is 10.6 Å². The van der Waals surface area contributed by atoms with Crippen molar-refractivity contribution < 1.29 is 9.59 Å². The number of urea groups is 2. The second-order valence-electron chi connectivity index (χ2n) is 6.21. The minimum atomic E-state index is -0.492. The van der Waals surface area contributed by atoms with Crippen molar-refractivity contribution in [3.05, 3.63) is 70.8 Å². The molecule has 6 heteroatoms. The van der Waals surface area contributed by atoms with Gasteiger partial charge in [0.05, 0.1) is 0 Å². The van der Waals surface area contributed by atoms with Crippen LogP contribution in [-0.2, 0) is 0 Å². The highest BCUT2D eigenvalue weighted by atomic mass is 16.2. The molecule has 6 nitrogen and oxygen atoms in total. The highest BCUT2D eigenvalue weighted by Crippen LogP contribution is 2.36. The molecule has 2 aromatic rings. The summed E-state index contributed by atoms with van der Waals surface area (Å²) >= 11 is 0. The van der Waals surface area contributed by atoms with E-state index in [1.54, 1.807) is 0 Å². The highest BCUT2D eigenvalue weighted by Gasteiger charge is 2.51. The molecule has 24 heavy (non-hydrogen) atoms. The van der Waals surface area contributed by atoms with Crippen molar-refractivity contribution in [2.24, 2.45) is 0 Å². The number of hydrogen-bond acceptors (Lipinski definition) is 2. The molecule has 2 aromatic carbocycles. The first-order chi connectivity index (χ1) is 11.5. The minimum Gasteiger partial charge on any atom is -0.310 e. The van der Waals surface area contributed by atoms with Crippen LogP contribution in [0, 0.1) is 13.8 Å². The second-order valence-corrected chi connectivity index (χ2v) is 6.21. The van der Waals surface area contributed by atoms with Crippen LogP contribution >= 0.6 is 0 Å². The molecule has 0 aliphatic carbocycles. The number of amides is 4. The third-order valence-electron chi connectivity index (χ3n) is 4.44. The number of carbonyl (C=O) groups is 2. The lowest BCUT2D eigenvalue weighted by atomic mass is 10.1. The van der Waals surface area contributed by atoms with Gasteiger partial charge in [-0.25, -0.2) is 19.6 Å². The lowest BCUT2D eigenvalue weighted by Gasteiger charge is -2.24. The molecule has 2 atom stereocenters. The summed E-state index contributed by atoms with van der Waals surface area (Å²) in [7, 11) is 0. The van der Waals surface area contributed by atoms with E-state index in [-0.39, 0.29) is 12.1 Å². The zero-order valence-electron chi connectivity index (χ0n) is 13.5. The van der Waals surface area contributed by atoms with Crippen molar-refractivity contribution in [3.8, 4) is 0 Å². The monoisotopic (exact) mass is 322 g/mol. The van der Waals surface area contributed by atoms with Crippen LogP contribution in [-0.4, -0.2) is 22.1 Å². The fourth-order valence-corrected chi connectivity index (χ4v) is 3.11. The Balaban J connectivity index is 1.68. The first-order valence-electron chi connectivity index (χ1n) is 7.87. The van der Waals surface area contributed by atoms with Gasteiger partial charge in [-0.1, -0.05) is 59.7 Å². The summed E-state index contributed by atoms with van der Waals surface area (Å²) in [6, 6.07) is 15.0. The number of nitrogens with one attached hydrogen (secondary N) is 2. The Hall–Kier alpha value is -3.02. The van der Waals surface area contributed by atoms with E-state index in [2.05, 4.69) is 10.6 Å². The molecule has 2 N–H and O–H groups in total. The zero-order chi connectivity index (χ0) is 16.8. The van der Waals surface area contributed by atoms with Crippen LogP contribution in [0.3, 0.4) is 0 Å². The smallest absolute Gasteiger partial charge is 0.310 e. The number of benzene rings is 2. The van der Waals surface area contributed by atoms with E-state index in [9.17, 15) is 9.59 Å². The fraction of sp³-hybridized carbons (Fsp3) is 0.222. The van der Waals surface area contributed by atoms with E-state index < -0.39 is 12.3 Å². The largest absolute Gasteiger partial charge is 0.340 e. The number of fused-ring (bicyclic) bond motifs is 1. The number of rotatable bonds is 2. The van der Waals surface area contributed by atoms with Crippen LogP contribution in [0.5, 0.6) is 0 Å². The molecule has 0 radical (unpaired) electrons. The maximum atomic E-state index is 12.5. The van der Waals surface area contributed by atoms with Crippen LogP contribution in [0.4, 0.5) is 9.59 Å². The molecule has 2 saturated heterocycles. The van der Waals surface area contributed by atoms with E-state index in [1.165, 1.54) is 10.0 Å². The predicted molar refractivity (Wildman–Crippen MR) is 88.6 cm³/mol. The van der Waals surface area contributed by atoms with Crippen molar-refractivity contribution in [2.45, 2.75) is 26.2 Å². The Bertz CT molecular complexity index is 731. The van der Waals surface area contributed by atoms with Gasteiger partial charge in [0.1, 0.15) is 0 Å². The lowest BCUT2D eigenvalue weighted by molar-refractivity contribution is 0.0672. The molecular formula is C18H18N4O2. The molecular weight excluding hydrogens is 304 g/mol. The Morgan fingerprint density at radius 1 is 0.667 bits per heavy atom. The van der Waals surface area contributed by atoms with Gasteiger partial charge < -0.3 is 10.6 Å². The van der Waals surface area contributed by atoms with Gasteiger partial charge in [0.2, 0.25) is 0 Å². The van der Waals surface area contributed by atoms with E-state index in [1.807, 2.05) is 62.4 Å². The summed E-state index contributed by atoms with van der Waals surface area (Å²) < 4.78 is 0. The number of hydrogen-bond donors (Lipinski definition) is 2. The van der Waals surface area contributed by atoms with Crippen LogP contribution in [0.15, 0.2) is 48.5 Å². The third kappa shape index (κ3) is 2.19. The van der Waals surface area contributed by atoms with Gasteiger partial charge in [-0.05, 0) is 25.0 Å². The fourth-order valence-electron chi connectivity index (χ4n) is 3.11. The Kier molecular flexibility index (Phi) is 3.19.